The molecule has 0 spiro atoms. The molecule has 1 aliphatic rings. The van der Waals surface area contributed by atoms with Crippen molar-refractivity contribution in [3.05, 3.63) is 57.9 Å². The molecule has 0 unspecified atom stereocenters. The SMILES string of the molecule is CCOc1ccc(C(=O)N[C@@H]2CCc3c(F)cc(Cl)cc32)c(O)c1. The second-order valence-corrected chi connectivity index (χ2v) is 6.07. The summed E-state index contributed by atoms with van der Waals surface area (Å²) in [4.78, 5) is 12.4. The summed E-state index contributed by atoms with van der Waals surface area (Å²) < 4.78 is 19.2. The maximum Gasteiger partial charge on any atom is 0.255 e. The molecule has 0 radical (unpaired) electrons. The molecule has 2 aromatic rings. The highest BCUT2D eigenvalue weighted by Crippen LogP contribution is 2.35. The standard InChI is InChI=1S/C18H17ClFNO3/c1-2-24-11-3-4-13(17(22)9-11)18(23)21-16-6-5-12-14(16)7-10(19)8-15(12)20/h3-4,7-9,16,22H,2,5-6H2,1H3,(H,21,23)/t16-/m1/s1. The topological polar surface area (TPSA) is 58.6 Å². The molecule has 0 heterocycles. The van der Waals surface area contributed by atoms with E-state index in [1.54, 1.807) is 12.1 Å². The number of amides is 1. The van der Waals surface area contributed by atoms with Gasteiger partial charge in [-0.05, 0) is 55.2 Å². The van der Waals surface area contributed by atoms with Gasteiger partial charge in [-0.1, -0.05) is 11.6 Å². The van der Waals surface area contributed by atoms with E-state index >= 15 is 0 Å². The van der Waals surface area contributed by atoms with Crippen LogP contribution < -0.4 is 10.1 Å². The van der Waals surface area contributed by atoms with Crippen LogP contribution in [0, 0.1) is 5.82 Å². The van der Waals surface area contributed by atoms with Crippen LogP contribution in [0.25, 0.3) is 0 Å². The average Bonchev–Trinajstić information content (AvgIpc) is 2.91. The second kappa shape index (κ2) is 6.69. The Morgan fingerprint density at radius 1 is 1.42 bits per heavy atom. The summed E-state index contributed by atoms with van der Waals surface area (Å²) >= 11 is 5.91. The highest BCUT2D eigenvalue weighted by molar-refractivity contribution is 6.30. The predicted molar refractivity (Wildman–Crippen MR) is 89.2 cm³/mol. The van der Waals surface area contributed by atoms with Gasteiger partial charge in [-0.15, -0.1) is 0 Å². The monoisotopic (exact) mass is 349 g/mol. The van der Waals surface area contributed by atoms with Gasteiger partial charge in [0.25, 0.3) is 5.91 Å². The number of hydrogen-bond acceptors (Lipinski definition) is 3. The molecule has 1 amide bonds. The Balaban J connectivity index is 1.80. The number of benzene rings is 2. The molecular formula is C18H17ClFNO3. The molecule has 0 aliphatic heterocycles. The summed E-state index contributed by atoms with van der Waals surface area (Å²) in [5.41, 5.74) is 1.42. The molecule has 4 nitrogen and oxygen atoms in total. The van der Waals surface area contributed by atoms with Gasteiger partial charge in [-0.3, -0.25) is 4.79 Å². The summed E-state index contributed by atoms with van der Waals surface area (Å²) in [5, 5.41) is 13.2. The first-order valence-corrected chi connectivity index (χ1v) is 8.12. The van der Waals surface area contributed by atoms with Crippen LogP contribution >= 0.6 is 11.6 Å². The number of halogens is 2. The normalized spacial score (nSPS) is 15.9. The van der Waals surface area contributed by atoms with Crippen molar-refractivity contribution in [1.29, 1.82) is 0 Å². The van der Waals surface area contributed by atoms with Crippen molar-refractivity contribution in [2.45, 2.75) is 25.8 Å². The molecule has 6 heteroatoms. The number of carbonyl (C=O) groups excluding carboxylic acids is 1. The van der Waals surface area contributed by atoms with E-state index in [1.165, 1.54) is 18.2 Å². The molecule has 1 atom stereocenters. The Labute approximate surface area is 144 Å². The zero-order valence-electron chi connectivity index (χ0n) is 13.1. The first-order valence-electron chi connectivity index (χ1n) is 7.74. The van der Waals surface area contributed by atoms with Crippen molar-refractivity contribution >= 4 is 17.5 Å². The minimum Gasteiger partial charge on any atom is -0.507 e. The van der Waals surface area contributed by atoms with Crippen LogP contribution in [0.4, 0.5) is 4.39 Å². The predicted octanol–water partition coefficient (Wildman–Crippen LogP) is 4.00. The van der Waals surface area contributed by atoms with Gasteiger partial charge in [0.2, 0.25) is 0 Å². The molecule has 24 heavy (non-hydrogen) atoms. The Bertz CT molecular complexity index is 794. The van der Waals surface area contributed by atoms with Gasteiger partial charge in [0.15, 0.2) is 0 Å². The van der Waals surface area contributed by atoms with Gasteiger partial charge in [-0.2, -0.15) is 0 Å². The van der Waals surface area contributed by atoms with Crippen LogP contribution in [0.5, 0.6) is 11.5 Å². The Kier molecular flexibility index (Phi) is 4.62. The zero-order valence-corrected chi connectivity index (χ0v) is 13.9. The lowest BCUT2D eigenvalue weighted by atomic mass is 10.1. The Morgan fingerprint density at radius 2 is 2.21 bits per heavy atom. The quantitative estimate of drug-likeness (QED) is 0.877. The Hall–Kier alpha value is -2.27. The lowest BCUT2D eigenvalue weighted by Gasteiger charge is -2.15. The fourth-order valence-corrected chi connectivity index (χ4v) is 3.20. The number of phenolic OH excluding ortho intramolecular Hbond substituents is 1. The number of carbonyl (C=O) groups is 1. The van der Waals surface area contributed by atoms with Gasteiger partial charge in [0, 0.05) is 11.1 Å². The number of phenols is 1. The van der Waals surface area contributed by atoms with E-state index < -0.39 is 5.91 Å². The molecule has 2 N–H and O–H groups in total. The van der Waals surface area contributed by atoms with Crippen LogP contribution in [0.1, 0.15) is 40.9 Å². The second-order valence-electron chi connectivity index (χ2n) is 5.63. The van der Waals surface area contributed by atoms with Crippen molar-refractivity contribution in [3.63, 3.8) is 0 Å². The maximum atomic E-state index is 13.9. The molecule has 126 valence electrons. The summed E-state index contributed by atoms with van der Waals surface area (Å²) in [6, 6.07) is 7.16. The Morgan fingerprint density at radius 3 is 2.92 bits per heavy atom. The lowest BCUT2D eigenvalue weighted by Crippen LogP contribution is -2.27. The van der Waals surface area contributed by atoms with Gasteiger partial charge >= 0.3 is 0 Å². The van der Waals surface area contributed by atoms with Crippen LogP contribution in [0.15, 0.2) is 30.3 Å². The van der Waals surface area contributed by atoms with Crippen molar-refractivity contribution in [3.8, 4) is 11.5 Å². The van der Waals surface area contributed by atoms with Crippen LogP contribution in [-0.2, 0) is 6.42 Å². The van der Waals surface area contributed by atoms with Gasteiger partial charge < -0.3 is 15.2 Å². The summed E-state index contributed by atoms with van der Waals surface area (Å²) in [6.45, 7) is 2.30. The summed E-state index contributed by atoms with van der Waals surface area (Å²) in [6.07, 6.45) is 1.13. The van der Waals surface area contributed by atoms with E-state index in [-0.39, 0.29) is 23.2 Å². The van der Waals surface area contributed by atoms with Gasteiger partial charge in [0.05, 0.1) is 18.2 Å². The number of aromatic hydroxyl groups is 1. The third kappa shape index (κ3) is 3.17. The zero-order chi connectivity index (χ0) is 17.3. The van der Waals surface area contributed by atoms with Gasteiger partial charge in [-0.25, -0.2) is 4.39 Å². The summed E-state index contributed by atoms with van der Waals surface area (Å²) in [5.74, 6) is -0.437. The van der Waals surface area contributed by atoms with Crippen molar-refractivity contribution in [2.24, 2.45) is 0 Å². The first-order chi connectivity index (χ1) is 11.5. The van der Waals surface area contributed by atoms with E-state index in [0.29, 0.717) is 41.3 Å². The largest absolute Gasteiger partial charge is 0.507 e. The number of nitrogens with one attached hydrogen (secondary N) is 1. The molecule has 1 aliphatic carbocycles. The molecule has 0 fully saturated rings. The third-order valence-electron chi connectivity index (χ3n) is 4.08. The molecule has 2 aromatic carbocycles. The van der Waals surface area contributed by atoms with E-state index in [4.69, 9.17) is 16.3 Å². The number of hydrogen-bond donors (Lipinski definition) is 2. The van der Waals surface area contributed by atoms with E-state index in [1.807, 2.05) is 6.92 Å². The lowest BCUT2D eigenvalue weighted by molar-refractivity contribution is 0.0934. The highest BCUT2D eigenvalue weighted by Gasteiger charge is 2.28. The van der Waals surface area contributed by atoms with Crippen LogP contribution in [-0.4, -0.2) is 17.6 Å². The van der Waals surface area contributed by atoms with Crippen molar-refractivity contribution in [2.75, 3.05) is 6.61 Å². The number of ether oxygens (including phenoxy) is 1. The van der Waals surface area contributed by atoms with Crippen molar-refractivity contribution < 1.29 is 19.0 Å². The minimum absolute atomic E-state index is 0.148. The average molecular weight is 350 g/mol. The minimum atomic E-state index is -0.422. The molecule has 0 aromatic heterocycles. The fourth-order valence-electron chi connectivity index (χ4n) is 2.99. The maximum absolute atomic E-state index is 13.9. The summed E-state index contributed by atoms with van der Waals surface area (Å²) in [7, 11) is 0. The molecular weight excluding hydrogens is 333 g/mol. The highest BCUT2D eigenvalue weighted by atomic mass is 35.5. The van der Waals surface area contributed by atoms with Gasteiger partial charge in [0.1, 0.15) is 17.3 Å². The molecule has 0 saturated heterocycles. The smallest absolute Gasteiger partial charge is 0.255 e. The van der Waals surface area contributed by atoms with E-state index in [0.717, 1.165) is 0 Å². The third-order valence-corrected chi connectivity index (χ3v) is 4.30. The number of rotatable bonds is 4. The first kappa shape index (κ1) is 16.6. The fraction of sp³-hybridized carbons (Fsp3) is 0.278. The van der Waals surface area contributed by atoms with Crippen LogP contribution in [0.3, 0.4) is 0 Å². The van der Waals surface area contributed by atoms with E-state index in [9.17, 15) is 14.3 Å². The number of fused-ring (bicyclic) bond motifs is 1. The molecule has 3 rings (SSSR count). The molecule has 0 saturated carbocycles. The van der Waals surface area contributed by atoms with E-state index in [2.05, 4.69) is 5.32 Å². The molecule has 0 bridgehead atoms. The van der Waals surface area contributed by atoms with Crippen molar-refractivity contribution in [1.82, 2.24) is 5.32 Å². The van der Waals surface area contributed by atoms with Crippen LogP contribution in [0.2, 0.25) is 5.02 Å².